The summed E-state index contributed by atoms with van der Waals surface area (Å²) in [6, 6.07) is 1.49. The number of aromatic nitrogens is 3. The molecule has 1 atom stereocenters. The Balaban J connectivity index is 1.71. The summed E-state index contributed by atoms with van der Waals surface area (Å²) in [5.74, 6) is -0.814. The van der Waals surface area contributed by atoms with E-state index in [0.717, 1.165) is 37.3 Å². The van der Waals surface area contributed by atoms with Gasteiger partial charge in [-0.15, -0.1) is 0 Å². The van der Waals surface area contributed by atoms with Crippen LogP contribution in [-0.2, 0) is 4.79 Å². The largest absolute Gasteiger partial charge is 0.368 e. The average Bonchev–Trinajstić information content (AvgIpc) is 3.02. The molecule has 2 aliphatic rings. The lowest BCUT2D eigenvalue weighted by molar-refractivity contribution is -0.122. The van der Waals surface area contributed by atoms with E-state index in [1.807, 2.05) is 6.07 Å². The lowest BCUT2D eigenvalue weighted by Gasteiger charge is -2.38. The highest BCUT2D eigenvalue weighted by Crippen LogP contribution is 2.34. The number of carbonyl (C=O) groups excluding carboxylic acids is 2. The fourth-order valence-electron chi connectivity index (χ4n) is 3.44. The molecular formula is C17H22N6O2. The van der Waals surface area contributed by atoms with E-state index >= 15 is 0 Å². The monoisotopic (exact) mass is 342 g/mol. The van der Waals surface area contributed by atoms with Crippen LogP contribution < -0.4 is 15.5 Å². The Labute approximate surface area is 145 Å². The number of imide groups is 1. The van der Waals surface area contributed by atoms with Crippen LogP contribution in [0.1, 0.15) is 38.3 Å². The fourth-order valence-corrected chi connectivity index (χ4v) is 3.44. The number of fused-ring (bicyclic) bond motifs is 1. The van der Waals surface area contributed by atoms with Gasteiger partial charge in [-0.1, -0.05) is 13.8 Å². The minimum Gasteiger partial charge on any atom is -0.368 e. The first kappa shape index (κ1) is 15.9. The number of anilines is 1. The molecule has 132 valence electrons. The molecule has 2 aromatic heterocycles. The molecule has 2 aliphatic heterocycles. The summed E-state index contributed by atoms with van der Waals surface area (Å²) in [6.45, 7) is 6.74. The van der Waals surface area contributed by atoms with E-state index in [1.165, 1.54) is 0 Å². The SMILES string of the molecule is CC1(C)CCN(c2cc(C3CNC(=O)NC3=O)nn3ccnc23)CC1. The van der Waals surface area contributed by atoms with Crippen molar-refractivity contribution in [2.75, 3.05) is 24.5 Å². The highest BCUT2D eigenvalue weighted by molar-refractivity contribution is 6.00. The van der Waals surface area contributed by atoms with Gasteiger partial charge < -0.3 is 10.2 Å². The molecular weight excluding hydrogens is 320 g/mol. The first-order valence-electron chi connectivity index (χ1n) is 8.61. The molecule has 8 nitrogen and oxygen atoms in total. The van der Waals surface area contributed by atoms with E-state index in [-0.39, 0.29) is 12.5 Å². The number of carbonyl (C=O) groups is 2. The molecule has 0 aromatic carbocycles. The van der Waals surface area contributed by atoms with Crippen molar-refractivity contribution in [1.82, 2.24) is 25.2 Å². The molecule has 8 heteroatoms. The first-order valence-corrected chi connectivity index (χ1v) is 8.61. The van der Waals surface area contributed by atoms with E-state index in [0.29, 0.717) is 11.1 Å². The topological polar surface area (TPSA) is 91.6 Å². The Bertz CT molecular complexity index is 833. The summed E-state index contributed by atoms with van der Waals surface area (Å²) >= 11 is 0. The van der Waals surface area contributed by atoms with Crippen molar-refractivity contribution >= 4 is 23.3 Å². The standard InChI is InChI=1S/C17H22N6O2/c1-17(2)3-6-22(7-4-17)13-9-12(21-23-8-5-18-14(13)23)11-10-19-16(25)20-15(11)24/h5,8-9,11H,3-4,6-7,10H2,1-2H3,(H2,19,20,24,25). The summed E-state index contributed by atoms with van der Waals surface area (Å²) < 4.78 is 1.72. The van der Waals surface area contributed by atoms with Crippen molar-refractivity contribution in [2.45, 2.75) is 32.6 Å². The third kappa shape index (κ3) is 2.92. The summed E-state index contributed by atoms with van der Waals surface area (Å²) in [6.07, 6.45) is 5.72. The van der Waals surface area contributed by atoms with Gasteiger partial charge in [0.15, 0.2) is 5.65 Å². The van der Waals surface area contributed by atoms with Gasteiger partial charge in [-0.25, -0.2) is 14.3 Å². The van der Waals surface area contributed by atoms with Crippen LogP contribution in [0.25, 0.3) is 5.65 Å². The van der Waals surface area contributed by atoms with Crippen LogP contribution in [-0.4, -0.2) is 46.2 Å². The lowest BCUT2D eigenvalue weighted by atomic mass is 9.82. The number of hydrogen-bond donors (Lipinski definition) is 2. The molecule has 0 bridgehead atoms. The molecule has 3 amide bonds. The maximum Gasteiger partial charge on any atom is 0.321 e. The summed E-state index contributed by atoms with van der Waals surface area (Å²) in [5.41, 5.74) is 2.78. The highest BCUT2D eigenvalue weighted by Gasteiger charge is 2.31. The van der Waals surface area contributed by atoms with Crippen LogP contribution in [0, 0.1) is 5.41 Å². The molecule has 1 unspecified atom stereocenters. The van der Waals surface area contributed by atoms with Gasteiger partial charge in [0.1, 0.15) is 0 Å². The molecule has 25 heavy (non-hydrogen) atoms. The zero-order valence-electron chi connectivity index (χ0n) is 14.5. The zero-order chi connectivity index (χ0) is 17.6. The van der Waals surface area contributed by atoms with Gasteiger partial charge in [0.25, 0.3) is 0 Å². The number of nitrogens with zero attached hydrogens (tertiary/aromatic N) is 4. The maximum absolute atomic E-state index is 12.2. The average molecular weight is 342 g/mol. The van der Waals surface area contributed by atoms with Gasteiger partial charge >= 0.3 is 6.03 Å². The summed E-state index contributed by atoms with van der Waals surface area (Å²) in [5, 5.41) is 9.51. The molecule has 2 N–H and O–H groups in total. The number of nitrogens with one attached hydrogen (secondary N) is 2. The summed E-state index contributed by atoms with van der Waals surface area (Å²) in [7, 11) is 0. The van der Waals surface area contributed by atoms with E-state index in [4.69, 9.17) is 0 Å². The summed E-state index contributed by atoms with van der Waals surface area (Å²) in [4.78, 5) is 30.3. The van der Waals surface area contributed by atoms with Gasteiger partial charge in [-0.2, -0.15) is 5.10 Å². The van der Waals surface area contributed by atoms with Gasteiger partial charge in [-0.3, -0.25) is 10.1 Å². The third-order valence-corrected chi connectivity index (χ3v) is 5.19. The molecule has 0 radical (unpaired) electrons. The minimum absolute atomic E-state index is 0.254. The quantitative estimate of drug-likeness (QED) is 0.858. The Morgan fingerprint density at radius 1 is 1.24 bits per heavy atom. The smallest absolute Gasteiger partial charge is 0.321 e. The van der Waals surface area contributed by atoms with Gasteiger partial charge in [-0.05, 0) is 24.3 Å². The lowest BCUT2D eigenvalue weighted by Crippen LogP contribution is -2.51. The van der Waals surface area contributed by atoms with Crippen molar-refractivity contribution in [3.63, 3.8) is 0 Å². The second kappa shape index (κ2) is 5.72. The maximum atomic E-state index is 12.2. The fraction of sp³-hybridized carbons (Fsp3) is 0.529. The molecule has 2 saturated heterocycles. The van der Waals surface area contributed by atoms with Crippen LogP contribution in [0.5, 0.6) is 0 Å². The van der Waals surface area contributed by atoms with Crippen LogP contribution in [0.2, 0.25) is 0 Å². The van der Waals surface area contributed by atoms with E-state index in [2.05, 4.69) is 39.5 Å². The molecule has 2 fully saturated rings. The van der Waals surface area contributed by atoms with Crippen molar-refractivity contribution in [2.24, 2.45) is 5.41 Å². The predicted octanol–water partition coefficient (Wildman–Crippen LogP) is 1.28. The first-order chi connectivity index (χ1) is 11.9. The Morgan fingerprint density at radius 2 is 2.00 bits per heavy atom. The number of imidazole rings is 1. The Hall–Kier alpha value is -2.64. The second-order valence-electron chi connectivity index (χ2n) is 7.55. The van der Waals surface area contributed by atoms with Crippen LogP contribution >= 0.6 is 0 Å². The van der Waals surface area contributed by atoms with E-state index in [1.54, 1.807) is 16.9 Å². The van der Waals surface area contributed by atoms with E-state index < -0.39 is 11.9 Å². The normalized spacial score (nSPS) is 23.4. The molecule has 0 saturated carbocycles. The highest BCUT2D eigenvalue weighted by atomic mass is 16.2. The number of amides is 3. The van der Waals surface area contributed by atoms with Crippen LogP contribution in [0.3, 0.4) is 0 Å². The van der Waals surface area contributed by atoms with Crippen molar-refractivity contribution in [3.8, 4) is 0 Å². The molecule has 4 heterocycles. The second-order valence-corrected chi connectivity index (χ2v) is 7.55. The van der Waals surface area contributed by atoms with Crippen LogP contribution in [0.4, 0.5) is 10.5 Å². The molecule has 4 rings (SSSR count). The van der Waals surface area contributed by atoms with Crippen molar-refractivity contribution in [1.29, 1.82) is 0 Å². The number of urea groups is 1. The van der Waals surface area contributed by atoms with E-state index in [9.17, 15) is 9.59 Å². The predicted molar refractivity (Wildman–Crippen MR) is 92.5 cm³/mol. The van der Waals surface area contributed by atoms with Gasteiger partial charge in [0.2, 0.25) is 5.91 Å². The molecule has 0 aliphatic carbocycles. The number of rotatable bonds is 2. The van der Waals surface area contributed by atoms with Gasteiger partial charge in [0, 0.05) is 32.0 Å². The molecule has 2 aromatic rings. The third-order valence-electron chi connectivity index (χ3n) is 5.19. The van der Waals surface area contributed by atoms with Gasteiger partial charge in [0.05, 0.1) is 17.3 Å². The number of piperidine rings is 1. The van der Waals surface area contributed by atoms with Crippen molar-refractivity contribution < 1.29 is 9.59 Å². The molecule has 0 spiro atoms. The Morgan fingerprint density at radius 3 is 2.72 bits per heavy atom. The number of hydrogen-bond acceptors (Lipinski definition) is 5. The van der Waals surface area contributed by atoms with Crippen molar-refractivity contribution in [3.05, 3.63) is 24.2 Å². The van der Waals surface area contributed by atoms with Crippen LogP contribution in [0.15, 0.2) is 18.5 Å². The zero-order valence-corrected chi connectivity index (χ0v) is 14.5. The Kier molecular flexibility index (Phi) is 3.63. The minimum atomic E-state index is -0.496.